The highest BCUT2D eigenvalue weighted by Crippen LogP contribution is 2.32. The molecule has 218 valence electrons. The number of unbranched alkanes of at least 4 members (excludes halogenated alkanes) is 21. The number of aliphatic hydroxyl groups excluding tert-OH is 1. The van der Waals surface area contributed by atoms with Crippen LogP contribution in [0.15, 0.2) is 23.5 Å². The van der Waals surface area contributed by atoms with E-state index in [2.05, 4.69) is 19.9 Å². The first-order chi connectivity index (χ1) is 18.2. The molecule has 1 aliphatic carbocycles. The van der Waals surface area contributed by atoms with E-state index >= 15 is 0 Å². The Balaban J connectivity index is 2.12. The monoisotopic (exact) mass is 520 g/mol. The fourth-order valence-electron chi connectivity index (χ4n) is 5.50. The molecule has 3 nitrogen and oxygen atoms in total. The van der Waals surface area contributed by atoms with Gasteiger partial charge in [0.05, 0.1) is 18.8 Å². The van der Waals surface area contributed by atoms with Crippen molar-refractivity contribution in [2.24, 2.45) is 0 Å². The lowest BCUT2D eigenvalue weighted by Gasteiger charge is -2.32. The highest BCUT2D eigenvalue weighted by molar-refractivity contribution is 5.29. The molecule has 3 heteroatoms. The van der Waals surface area contributed by atoms with Crippen LogP contribution < -0.4 is 0 Å². The van der Waals surface area contributed by atoms with Gasteiger partial charge in [-0.05, 0) is 37.0 Å². The van der Waals surface area contributed by atoms with Crippen LogP contribution in [0.3, 0.4) is 0 Å². The fourth-order valence-corrected chi connectivity index (χ4v) is 5.50. The molecule has 0 saturated carbocycles. The van der Waals surface area contributed by atoms with Gasteiger partial charge in [0.15, 0.2) is 5.79 Å². The van der Waals surface area contributed by atoms with Crippen molar-refractivity contribution in [2.75, 3.05) is 13.7 Å². The molecule has 0 aromatic heterocycles. The summed E-state index contributed by atoms with van der Waals surface area (Å²) in [5.74, 6) is -0.401. The Morgan fingerprint density at radius 2 is 1.03 bits per heavy atom. The maximum Gasteiger partial charge on any atom is 0.195 e. The van der Waals surface area contributed by atoms with Gasteiger partial charge in [0.1, 0.15) is 0 Å². The SMILES string of the molecule is CCCCCCCCCCCCCCCC1=CC(OC)(OCCCCCCCCCCCC)CC(O)=C1. The van der Waals surface area contributed by atoms with Crippen LogP contribution in [0.1, 0.15) is 174 Å². The molecule has 1 unspecified atom stereocenters. The minimum atomic E-state index is -0.788. The van der Waals surface area contributed by atoms with Crippen molar-refractivity contribution >= 4 is 0 Å². The lowest BCUT2D eigenvalue weighted by molar-refractivity contribution is -0.192. The first-order valence-electron chi connectivity index (χ1n) is 16.5. The van der Waals surface area contributed by atoms with Crippen LogP contribution in [0, 0.1) is 0 Å². The van der Waals surface area contributed by atoms with E-state index in [0.29, 0.717) is 18.8 Å². The molecule has 1 N–H and O–H groups in total. The van der Waals surface area contributed by atoms with Gasteiger partial charge < -0.3 is 14.6 Å². The second-order valence-corrected chi connectivity index (χ2v) is 11.6. The minimum absolute atomic E-state index is 0.386. The molecule has 0 aromatic carbocycles. The molecular formula is C34H64O3. The summed E-state index contributed by atoms with van der Waals surface area (Å²) in [6.45, 7) is 5.26. The zero-order valence-corrected chi connectivity index (χ0v) is 25.3. The molecule has 1 rings (SSSR count). The summed E-state index contributed by atoms with van der Waals surface area (Å²) >= 11 is 0. The first kappa shape index (κ1) is 34.2. The lowest BCUT2D eigenvalue weighted by atomic mass is 9.95. The fraction of sp³-hybridized carbons (Fsp3) is 0.882. The average molecular weight is 521 g/mol. The Morgan fingerprint density at radius 1 is 0.622 bits per heavy atom. The summed E-state index contributed by atoms with van der Waals surface area (Å²) in [6.07, 6.45) is 36.5. The van der Waals surface area contributed by atoms with Gasteiger partial charge in [0.25, 0.3) is 0 Å². The Morgan fingerprint density at radius 3 is 1.46 bits per heavy atom. The molecule has 0 radical (unpaired) electrons. The van der Waals surface area contributed by atoms with Gasteiger partial charge in [-0.3, -0.25) is 0 Å². The Hall–Kier alpha value is -0.800. The summed E-state index contributed by atoms with van der Waals surface area (Å²) in [5.41, 5.74) is 1.16. The zero-order chi connectivity index (χ0) is 26.9. The third kappa shape index (κ3) is 19.0. The standard InChI is InChI=1S/C34H64O3/c1-4-6-8-10-12-14-16-17-18-19-21-23-25-27-32-29-33(35)31-34(30-32,36-3)37-28-26-24-22-20-15-13-11-9-7-5-2/h29-30,35H,4-28,31H2,1-3H3. The second-order valence-electron chi connectivity index (χ2n) is 11.6. The highest BCUT2D eigenvalue weighted by atomic mass is 16.7. The maximum atomic E-state index is 10.4. The van der Waals surface area contributed by atoms with Crippen LogP contribution in [-0.4, -0.2) is 24.6 Å². The third-order valence-corrected chi connectivity index (χ3v) is 7.94. The summed E-state index contributed by atoms with van der Waals surface area (Å²) in [4.78, 5) is 0. The van der Waals surface area contributed by atoms with Crippen molar-refractivity contribution in [1.82, 2.24) is 0 Å². The number of hydrogen-bond donors (Lipinski definition) is 1. The average Bonchev–Trinajstić information content (AvgIpc) is 2.89. The van der Waals surface area contributed by atoms with Gasteiger partial charge in [-0.25, -0.2) is 0 Å². The van der Waals surface area contributed by atoms with E-state index < -0.39 is 5.79 Å². The topological polar surface area (TPSA) is 38.7 Å². The minimum Gasteiger partial charge on any atom is -0.512 e. The molecule has 0 aromatic rings. The Kier molecular flexibility index (Phi) is 22.4. The normalized spacial score (nSPS) is 17.7. The zero-order valence-electron chi connectivity index (χ0n) is 25.3. The van der Waals surface area contributed by atoms with Crippen LogP contribution in [0.25, 0.3) is 0 Å². The molecule has 1 aliphatic rings. The number of aliphatic hydroxyl groups is 1. The van der Waals surface area contributed by atoms with Crippen molar-refractivity contribution in [3.05, 3.63) is 23.5 Å². The quantitative estimate of drug-likeness (QED) is 0.0864. The smallest absolute Gasteiger partial charge is 0.195 e. The highest BCUT2D eigenvalue weighted by Gasteiger charge is 2.33. The predicted octanol–water partition coefficient (Wildman–Crippen LogP) is 11.5. The largest absolute Gasteiger partial charge is 0.512 e. The molecule has 0 bridgehead atoms. The summed E-state index contributed by atoms with van der Waals surface area (Å²) in [7, 11) is 1.70. The number of allylic oxidation sites excluding steroid dienone is 2. The molecule has 1 atom stereocenters. The van der Waals surface area contributed by atoms with Gasteiger partial charge in [-0.2, -0.15) is 0 Å². The van der Waals surface area contributed by atoms with Crippen molar-refractivity contribution in [1.29, 1.82) is 0 Å². The molecule has 0 aliphatic heterocycles. The molecule has 37 heavy (non-hydrogen) atoms. The Labute approximate surface area is 231 Å². The van der Waals surface area contributed by atoms with E-state index in [0.717, 1.165) is 18.4 Å². The van der Waals surface area contributed by atoms with Gasteiger partial charge >= 0.3 is 0 Å². The van der Waals surface area contributed by atoms with Crippen molar-refractivity contribution in [2.45, 2.75) is 180 Å². The molecule has 0 amide bonds. The van der Waals surface area contributed by atoms with E-state index in [1.54, 1.807) is 7.11 Å². The van der Waals surface area contributed by atoms with Gasteiger partial charge in [-0.15, -0.1) is 0 Å². The van der Waals surface area contributed by atoms with E-state index in [1.807, 2.05) is 6.08 Å². The second kappa shape index (κ2) is 24.3. The molecular weight excluding hydrogens is 456 g/mol. The van der Waals surface area contributed by atoms with E-state index in [1.165, 1.54) is 141 Å². The molecule has 0 saturated heterocycles. The van der Waals surface area contributed by atoms with Gasteiger partial charge in [-0.1, -0.05) is 149 Å². The van der Waals surface area contributed by atoms with Crippen molar-refractivity contribution in [3.8, 4) is 0 Å². The number of ether oxygens (including phenoxy) is 2. The molecule has 0 spiro atoms. The first-order valence-corrected chi connectivity index (χ1v) is 16.5. The number of rotatable bonds is 27. The molecule has 0 heterocycles. The van der Waals surface area contributed by atoms with Crippen LogP contribution >= 0.6 is 0 Å². The van der Waals surface area contributed by atoms with Crippen LogP contribution in [0.5, 0.6) is 0 Å². The Bertz CT molecular complexity index is 567. The van der Waals surface area contributed by atoms with Crippen LogP contribution in [-0.2, 0) is 9.47 Å². The van der Waals surface area contributed by atoms with E-state index in [9.17, 15) is 5.11 Å². The van der Waals surface area contributed by atoms with Gasteiger partial charge in [0.2, 0.25) is 0 Å². The summed E-state index contributed by atoms with van der Waals surface area (Å²) in [6, 6.07) is 0. The summed E-state index contributed by atoms with van der Waals surface area (Å²) in [5, 5.41) is 10.4. The number of hydrogen-bond acceptors (Lipinski definition) is 3. The predicted molar refractivity (Wildman–Crippen MR) is 161 cm³/mol. The maximum absolute atomic E-state index is 10.4. The van der Waals surface area contributed by atoms with Crippen molar-refractivity contribution in [3.63, 3.8) is 0 Å². The van der Waals surface area contributed by atoms with Gasteiger partial charge in [0, 0.05) is 7.11 Å². The van der Waals surface area contributed by atoms with E-state index in [-0.39, 0.29) is 0 Å². The van der Waals surface area contributed by atoms with Crippen LogP contribution in [0.4, 0.5) is 0 Å². The van der Waals surface area contributed by atoms with E-state index in [4.69, 9.17) is 9.47 Å². The number of methoxy groups -OCH3 is 1. The van der Waals surface area contributed by atoms with Crippen LogP contribution in [0.2, 0.25) is 0 Å². The third-order valence-electron chi connectivity index (χ3n) is 7.94. The van der Waals surface area contributed by atoms with Crippen molar-refractivity contribution < 1.29 is 14.6 Å². The molecule has 0 fully saturated rings. The summed E-state index contributed by atoms with van der Waals surface area (Å²) < 4.78 is 12.0. The lowest BCUT2D eigenvalue weighted by Crippen LogP contribution is -2.35.